The summed E-state index contributed by atoms with van der Waals surface area (Å²) in [6.07, 6.45) is 0.243. The van der Waals surface area contributed by atoms with Crippen molar-refractivity contribution in [1.82, 2.24) is 10.2 Å². The third-order valence-corrected chi connectivity index (χ3v) is 2.86. The van der Waals surface area contributed by atoms with Crippen LogP contribution < -0.4 is 5.32 Å². The maximum absolute atomic E-state index is 11.7. The van der Waals surface area contributed by atoms with E-state index in [4.69, 9.17) is 10.4 Å². The van der Waals surface area contributed by atoms with Gasteiger partial charge in [-0.25, -0.2) is 4.79 Å². The van der Waals surface area contributed by atoms with Crippen LogP contribution in [0.4, 0.5) is 4.79 Å². The summed E-state index contributed by atoms with van der Waals surface area (Å²) in [7, 11) is 1.58. The standard InChI is InChI=1S/C11H19N3O3/c1-7(5-6-12)14(4)11(17)13-9(3)8(2)10(15)16/h7-9H,5H2,1-4H3,(H,13,17)(H,15,16). The number of nitriles is 1. The van der Waals surface area contributed by atoms with E-state index in [-0.39, 0.29) is 18.5 Å². The number of hydrogen-bond donors (Lipinski definition) is 2. The van der Waals surface area contributed by atoms with Gasteiger partial charge in [0.2, 0.25) is 0 Å². The molecule has 2 amide bonds. The monoisotopic (exact) mass is 241 g/mol. The maximum Gasteiger partial charge on any atom is 0.317 e. The number of carboxylic acid groups (broad SMARTS) is 1. The van der Waals surface area contributed by atoms with Gasteiger partial charge in [-0.2, -0.15) is 5.26 Å². The minimum absolute atomic E-state index is 0.202. The molecule has 0 saturated heterocycles. The fourth-order valence-electron chi connectivity index (χ4n) is 1.10. The second kappa shape index (κ2) is 6.74. The zero-order chi connectivity index (χ0) is 13.6. The minimum atomic E-state index is -0.953. The van der Waals surface area contributed by atoms with Crippen LogP contribution in [0.1, 0.15) is 27.2 Å². The lowest BCUT2D eigenvalue weighted by molar-refractivity contribution is -0.141. The van der Waals surface area contributed by atoms with Crippen molar-refractivity contribution in [3.05, 3.63) is 0 Å². The molecule has 0 fully saturated rings. The maximum atomic E-state index is 11.7. The lowest BCUT2D eigenvalue weighted by Gasteiger charge is -2.26. The SMILES string of the molecule is CC(NC(=O)N(C)C(C)CC#N)C(C)C(=O)O. The van der Waals surface area contributed by atoms with Crippen LogP contribution in [0.3, 0.4) is 0 Å². The van der Waals surface area contributed by atoms with Crippen LogP contribution in [-0.2, 0) is 4.79 Å². The first kappa shape index (κ1) is 15.2. The Labute approximate surface area is 101 Å². The topological polar surface area (TPSA) is 93.4 Å². The van der Waals surface area contributed by atoms with Gasteiger partial charge < -0.3 is 15.3 Å². The first-order chi connectivity index (χ1) is 7.81. The Morgan fingerprint density at radius 1 is 1.41 bits per heavy atom. The Bertz CT molecular complexity index is 324. The number of nitrogens with zero attached hydrogens (tertiary/aromatic N) is 2. The van der Waals surface area contributed by atoms with E-state index in [0.29, 0.717) is 0 Å². The molecule has 3 unspecified atom stereocenters. The van der Waals surface area contributed by atoms with E-state index in [1.54, 1.807) is 20.9 Å². The van der Waals surface area contributed by atoms with E-state index in [0.717, 1.165) is 0 Å². The molecule has 0 saturated carbocycles. The molecule has 0 spiro atoms. The Morgan fingerprint density at radius 2 is 1.94 bits per heavy atom. The molecule has 0 aliphatic rings. The number of aliphatic carboxylic acids is 1. The second-order valence-corrected chi connectivity index (χ2v) is 4.19. The van der Waals surface area contributed by atoms with E-state index in [1.165, 1.54) is 11.8 Å². The number of urea groups is 1. The highest BCUT2D eigenvalue weighted by Gasteiger charge is 2.23. The third-order valence-electron chi connectivity index (χ3n) is 2.86. The molecule has 96 valence electrons. The molecular weight excluding hydrogens is 222 g/mol. The van der Waals surface area contributed by atoms with Crippen molar-refractivity contribution in [3.63, 3.8) is 0 Å². The van der Waals surface area contributed by atoms with E-state index in [2.05, 4.69) is 5.32 Å². The number of amides is 2. The molecular formula is C11H19N3O3. The molecule has 2 N–H and O–H groups in total. The molecule has 0 aliphatic heterocycles. The van der Waals surface area contributed by atoms with E-state index in [1.807, 2.05) is 6.07 Å². The molecule has 0 radical (unpaired) electrons. The fraction of sp³-hybridized carbons (Fsp3) is 0.727. The lowest BCUT2D eigenvalue weighted by atomic mass is 10.0. The predicted molar refractivity (Wildman–Crippen MR) is 62.2 cm³/mol. The normalized spacial score (nSPS) is 15.2. The van der Waals surface area contributed by atoms with Gasteiger partial charge in [-0.05, 0) is 20.8 Å². The highest BCUT2D eigenvalue weighted by atomic mass is 16.4. The molecule has 0 aromatic heterocycles. The van der Waals surface area contributed by atoms with Gasteiger partial charge in [0.25, 0.3) is 0 Å². The highest BCUT2D eigenvalue weighted by molar-refractivity contribution is 5.76. The van der Waals surface area contributed by atoms with Crippen molar-refractivity contribution >= 4 is 12.0 Å². The summed E-state index contributed by atoms with van der Waals surface area (Å²) in [5.74, 6) is -1.61. The van der Waals surface area contributed by atoms with Crippen LogP contribution in [0.2, 0.25) is 0 Å². The molecule has 0 bridgehead atoms. The summed E-state index contributed by atoms with van der Waals surface area (Å²) in [5, 5.41) is 19.9. The number of hydrogen-bond acceptors (Lipinski definition) is 3. The largest absolute Gasteiger partial charge is 0.481 e. The average Bonchev–Trinajstić information content (AvgIpc) is 2.26. The van der Waals surface area contributed by atoms with Gasteiger partial charge in [0, 0.05) is 19.1 Å². The summed E-state index contributed by atoms with van der Waals surface area (Å²) >= 11 is 0. The zero-order valence-electron chi connectivity index (χ0n) is 10.6. The van der Waals surface area contributed by atoms with Crippen LogP contribution in [0.25, 0.3) is 0 Å². The Hall–Kier alpha value is -1.77. The van der Waals surface area contributed by atoms with Crippen molar-refractivity contribution < 1.29 is 14.7 Å². The van der Waals surface area contributed by atoms with E-state index in [9.17, 15) is 9.59 Å². The van der Waals surface area contributed by atoms with Crippen LogP contribution in [0.15, 0.2) is 0 Å². The predicted octanol–water partition coefficient (Wildman–Crippen LogP) is 1.04. The number of rotatable bonds is 5. The van der Waals surface area contributed by atoms with Crippen molar-refractivity contribution in [1.29, 1.82) is 5.26 Å². The van der Waals surface area contributed by atoms with E-state index < -0.39 is 17.9 Å². The van der Waals surface area contributed by atoms with Crippen LogP contribution in [-0.4, -0.2) is 41.1 Å². The first-order valence-electron chi connectivity index (χ1n) is 5.44. The molecule has 0 heterocycles. The van der Waals surface area contributed by atoms with Gasteiger partial charge in [0.15, 0.2) is 0 Å². The second-order valence-electron chi connectivity index (χ2n) is 4.19. The average molecular weight is 241 g/mol. The summed E-state index contributed by atoms with van der Waals surface area (Å²) in [6.45, 7) is 4.93. The smallest absolute Gasteiger partial charge is 0.317 e. The van der Waals surface area contributed by atoms with Gasteiger partial charge in [-0.1, -0.05) is 0 Å². The van der Waals surface area contributed by atoms with Crippen LogP contribution in [0.5, 0.6) is 0 Å². The quantitative estimate of drug-likeness (QED) is 0.752. The summed E-state index contributed by atoms with van der Waals surface area (Å²) in [6, 6.07) is 0.952. The fourth-order valence-corrected chi connectivity index (χ4v) is 1.10. The van der Waals surface area contributed by atoms with E-state index >= 15 is 0 Å². The Kier molecular flexibility index (Phi) is 6.03. The van der Waals surface area contributed by atoms with Crippen molar-refractivity contribution in [3.8, 4) is 6.07 Å². The molecule has 0 aromatic rings. The number of carboxylic acids is 1. The van der Waals surface area contributed by atoms with Crippen molar-refractivity contribution in [2.45, 2.75) is 39.3 Å². The van der Waals surface area contributed by atoms with Crippen molar-refractivity contribution in [2.75, 3.05) is 7.05 Å². The number of carbonyl (C=O) groups is 2. The molecule has 6 nitrogen and oxygen atoms in total. The third kappa shape index (κ3) is 4.72. The summed E-state index contributed by atoms with van der Waals surface area (Å²) in [5.41, 5.74) is 0. The van der Waals surface area contributed by atoms with Gasteiger partial charge in [0.1, 0.15) is 0 Å². The highest BCUT2D eigenvalue weighted by Crippen LogP contribution is 2.05. The molecule has 0 aliphatic carbocycles. The first-order valence-corrected chi connectivity index (χ1v) is 5.44. The molecule has 0 rings (SSSR count). The van der Waals surface area contributed by atoms with Gasteiger partial charge >= 0.3 is 12.0 Å². The molecule has 6 heteroatoms. The molecule has 3 atom stereocenters. The Morgan fingerprint density at radius 3 is 2.35 bits per heavy atom. The molecule has 17 heavy (non-hydrogen) atoms. The van der Waals surface area contributed by atoms with Crippen molar-refractivity contribution in [2.24, 2.45) is 5.92 Å². The Balaban J connectivity index is 4.35. The van der Waals surface area contributed by atoms with Gasteiger partial charge in [-0.15, -0.1) is 0 Å². The summed E-state index contributed by atoms with van der Waals surface area (Å²) in [4.78, 5) is 23.8. The zero-order valence-corrected chi connectivity index (χ0v) is 10.6. The van der Waals surface area contributed by atoms with Gasteiger partial charge in [-0.3, -0.25) is 4.79 Å². The number of nitrogens with one attached hydrogen (secondary N) is 1. The minimum Gasteiger partial charge on any atom is -0.481 e. The van der Waals surface area contributed by atoms with Crippen LogP contribution in [0, 0.1) is 17.2 Å². The molecule has 0 aromatic carbocycles. The lowest BCUT2D eigenvalue weighted by Crippen LogP contribution is -2.48. The van der Waals surface area contributed by atoms with Gasteiger partial charge in [0.05, 0.1) is 18.4 Å². The summed E-state index contributed by atoms with van der Waals surface area (Å²) < 4.78 is 0. The van der Waals surface area contributed by atoms with Crippen LogP contribution >= 0.6 is 0 Å². The number of carbonyl (C=O) groups excluding carboxylic acids is 1.